The van der Waals surface area contributed by atoms with Gasteiger partial charge in [-0.3, -0.25) is 4.79 Å². The van der Waals surface area contributed by atoms with Crippen LogP contribution in [0.25, 0.3) is 10.1 Å². The van der Waals surface area contributed by atoms with Crippen LogP contribution < -0.4 is 5.32 Å². The van der Waals surface area contributed by atoms with Crippen LogP contribution in [0.5, 0.6) is 0 Å². The van der Waals surface area contributed by atoms with Gasteiger partial charge < -0.3 is 15.5 Å². The molecule has 0 bridgehead atoms. The van der Waals surface area contributed by atoms with Crippen molar-refractivity contribution >= 4 is 39.1 Å². The van der Waals surface area contributed by atoms with Gasteiger partial charge in [0.1, 0.15) is 11.8 Å². The number of hydrogen-bond acceptors (Lipinski definition) is 6. The number of rotatable bonds is 4. The summed E-state index contributed by atoms with van der Waals surface area (Å²) in [6.07, 6.45) is 0. The van der Waals surface area contributed by atoms with Crippen LogP contribution in [0, 0.1) is 11.3 Å². The van der Waals surface area contributed by atoms with E-state index in [9.17, 15) is 29.9 Å². The number of hydrogen-bond donors (Lipinski definition) is 3. The molecule has 0 spiro atoms. The van der Waals surface area contributed by atoms with Gasteiger partial charge in [-0.05, 0) is 36.2 Å². The number of Topliss-reactive ketones (excluding diaryl/α,β-unsaturated/α-hetero) is 1. The van der Waals surface area contributed by atoms with Crippen molar-refractivity contribution in [1.82, 2.24) is 5.32 Å². The molecular weight excluding hydrogens is 368 g/mol. The number of ketones is 1. The monoisotopic (exact) mass is 382 g/mol. The van der Waals surface area contributed by atoms with Crippen LogP contribution in [-0.2, 0) is 14.4 Å². The molecule has 2 heterocycles. The van der Waals surface area contributed by atoms with E-state index in [0.717, 1.165) is 0 Å². The van der Waals surface area contributed by atoms with Crippen LogP contribution in [0.2, 0.25) is 0 Å². The second-order valence-corrected chi connectivity index (χ2v) is 6.92. The van der Waals surface area contributed by atoms with Crippen molar-refractivity contribution in [1.29, 1.82) is 5.26 Å². The van der Waals surface area contributed by atoms with Crippen molar-refractivity contribution in [3.05, 3.63) is 57.2 Å². The van der Waals surface area contributed by atoms with E-state index >= 15 is 0 Å². The lowest BCUT2D eigenvalue weighted by atomic mass is 9.78. The number of thiophene rings is 1. The van der Waals surface area contributed by atoms with Crippen molar-refractivity contribution in [3.8, 4) is 6.07 Å². The summed E-state index contributed by atoms with van der Waals surface area (Å²) in [5, 5.41) is 33.4. The summed E-state index contributed by atoms with van der Waals surface area (Å²) in [4.78, 5) is 35.9. The SMILES string of the molecule is CC(=O)C1=C(C)NC(C(=O)O)=C(C(=O)O)C1c1csc2c(C#N)cccc12. The first kappa shape index (κ1) is 18.4. The van der Waals surface area contributed by atoms with Crippen molar-refractivity contribution in [2.45, 2.75) is 19.8 Å². The van der Waals surface area contributed by atoms with E-state index in [4.69, 9.17) is 0 Å². The Morgan fingerprint density at radius 2 is 1.89 bits per heavy atom. The molecular formula is C19H14N2O5S. The third kappa shape index (κ3) is 2.88. The van der Waals surface area contributed by atoms with E-state index in [1.165, 1.54) is 18.3 Å². The van der Waals surface area contributed by atoms with E-state index in [0.29, 0.717) is 26.9 Å². The average molecular weight is 382 g/mol. The fraction of sp³-hybridized carbons (Fsp3) is 0.158. The molecule has 0 saturated heterocycles. The summed E-state index contributed by atoms with van der Waals surface area (Å²) < 4.78 is 0.663. The van der Waals surface area contributed by atoms with Gasteiger partial charge in [0.2, 0.25) is 0 Å². The molecule has 0 saturated carbocycles. The van der Waals surface area contributed by atoms with Gasteiger partial charge in [-0.1, -0.05) is 12.1 Å². The summed E-state index contributed by atoms with van der Waals surface area (Å²) in [7, 11) is 0. The van der Waals surface area contributed by atoms with Crippen LogP contribution in [0.4, 0.5) is 0 Å². The molecule has 1 aliphatic rings. The molecule has 0 aliphatic carbocycles. The number of nitrogens with one attached hydrogen (secondary N) is 1. The Hall–Kier alpha value is -3.44. The van der Waals surface area contributed by atoms with Crippen molar-refractivity contribution < 1.29 is 24.6 Å². The number of carbonyl (C=O) groups excluding carboxylic acids is 1. The van der Waals surface area contributed by atoms with Crippen LogP contribution in [0.15, 0.2) is 46.1 Å². The highest BCUT2D eigenvalue weighted by Crippen LogP contribution is 2.44. The minimum atomic E-state index is -1.42. The van der Waals surface area contributed by atoms with E-state index in [2.05, 4.69) is 11.4 Å². The van der Waals surface area contributed by atoms with Crippen LogP contribution in [0.3, 0.4) is 0 Å². The molecule has 7 nitrogen and oxygen atoms in total. The van der Waals surface area contributed by atoms with Gasteiger partial charge in [0.05, 0.1) is 21.8 Å². The van der Waals surface area contributed by atoms with E-state index in [1.807, 2.05) is 0 Å². The molecule has 136 valence electrons. The number of carboxylic acids is 2. The average Bonchev–Trinajstić information content (AvgIpc) is 3.03. The molecule has 27 heavy (non-hydrogen) atoms. The predicted molar refractivity (Wildman–Crippen MR) is 98.1 cm³/mol. The first-order chi connectivity index (χ1) is 12.8. The lowest BCUT2D eigenvalue weighted by Gasteiger charge is -2.29. The Kier molecular flexibility index (Phi) is 4.56. The van der Waals surface area contributed by atoms with Gasteiger partial charge in [0.25, 0.3) is 0 Å². The fourth-order valence-corrected chi connectivity index (χ4v) is 4.45. The number of allylic oxidation sites excluding steroid dienone is 2. The number of nitriles is 1. The Bertz CT molecular complexity index is 1120. The van der Waals surface area contributed by atoms with Crippen molar-refractivity contribution in [2.75, 3.05) is 0 Å². The van der Waals surface area contributed by atoms with Gasteiger partial charge >= 0.3 is 11.9 Å². The minimum absolute atomic E-state index is 0.194. The van der Waals surface area contributed by atoms with Crippen molar-refractivity contribution in [2.24, 2.45) is 0 Å². The molecule has 1 aromatic heterocycles. The number of benzene rings is 1. The van der Waals surface area contributed by atoms with Gasteiger partial charge in [-0.25, -0.2) is 9.59 Å². The maximum absolute atomic E-state index is 12.3. The summed E-state index contributed by atoms with van der Waals surface area (Å²) in [6, 6.07) is 7.14. The van der Waals surface area contributed by atoms with E-state index < -0.39 is 29.1 Å². The molecule has 0 radical (unpaired) electrons. The maximum atomic E-state index is 12.3. The van der Waals surface area contributed by atoms with Crippen molar-refractivity contribution in [3.63, 3.8) is 0 Å². The summed E-state index contributed by atoms with van der Waals surface area (Å²) >= 11 is 1.26. The molecule has 2 aromatic rings. The van der Waals surface area contributed by atoms with Crippen LogP contribution >= 0.6 is 11.3 Å². The maximum Gasteiger partial charge on any atom is 0.352 e. The topological polar surface area (TPSA) is 127 Å². The summed E-state index contributed by atoms with van der Waals surface area (Å²) in [5.41, 5.74) is 0.549. The first-order valence-electron chi connectivity index (χ1n) is 7.87. The molecule has 1 unspecified atom stereocenters. The Labute approximate surface area is 157 Å². The quantitative estimate of drug-likeness (QED) is 0.742. The van der Waals surface area contributed by atoms with Crippen LogP contribution in [-0.4, -0.2) is 27.9 Å². The number of carboxylic acid groups (broad SMARTS) is 2. The zero-order valence-electron chi connectivity index (χ0n) is 14.4. The lowest BCUT2D eigenvalue weighted by molar-refractivity contribution is -0.136. The zero-order chi connectivity index (χ0) is 19.9. The highest BCUT2D eigenvalue weighted by atomic mass is 32.1. The summed E-state index contributed by atoms with van der Waals surface area (Å²) in [5.74, 6) is -4.25. The number of aliphatic carboxylic acids is 2. The molecule has 0 fully saturated rings. The fourth-order valence-electron chi connectivity index (χ4n) is 3.39. The highest BCUT2D eigenvalue weighted by molar-refractivity contribution is 7.17. The molecule has 3 rings (SSSR count). The lowest BCUT2D eigenvalue weighted by Crippen LogP contribution is -2.34. The molecule has 0 amide bonds. The number of dihydropyridines is 1. The number of nitrogens with zero attached hydrogens (tertiary/aromatic N) is 1. The van der Waals surface area contributed by atoms with Gasteiger partial charge in [-0.2, -0.15) is 5.26 Å². The first-order valence-corrected chi connectivity index (χ1v) is 8.75. The predicted octanol–water partition coefficient (Wildman–Crippen LogP) is 2.75. The summed E-state index contributed by atoms with van der Waals surface area (Å²) in [6.45, 7) is 2.86. The Balaban J connectivity index is 2.39. The second-order valence-electron chi connectivity index (χ2n) is 6.04. The Morgan fingerprint density at radius 1 is 1.19 bits per heavy atom. The van der Waals surface area contributed by atoms with Crippen LogP contribution in [0.1, 0.15) is 30.9 Å². The largest absolute Gasteiger partial charge is 0.478 e. The third-order valence-corrected chi connectivity index (χ3v) is 5.50. The second kappa shape index (κ2) is 6.70. The smallest absolute Gasteiger partial charge is 0.352 e. The highest BCUT2D eigenvalue weighted by Gasteiger charge is 2.39. The van der Waals surface area contributed by atoms with E-state index in [-0.39, 0.29) is 11.4 Å². The van der Waals surface area contributed by atoms with E-state index in [1.54, 1.807) is 30.5 Å². The molecule has 3 N–H and O–H groups in total. The Morgan fingerprint density at radius 3 is 2.44 bits per heavy atom. The molecule has 1 atom stereocenters. The molecule has 1 aromatic carbocycles. The van der Waals surface area contributed by atoms with Gasteiger partial charge in [0, 0.05) is 11.3 Å². The molecule has 8 heteroatoms. The normalized spacial score (nSPS) is 16.9. The van der Waals surface area contributed by atoms with Gasteiger partial charge in [0.15, 0.2) is 5.78 Å². The number of carbonyl (C=O) groups is 3. The third-order valence-electron chi connectivity index (χ3n) is 4.45. The zero-order valence-corrected chi connectivity index (χ0v) is 15.2. The number of fused-ring (bicyclic) bond motifs is 1. The molecule has 1 aliphatic heterocycles. The minimum Gasteiger partial charge on any atom is -0.478 e. The standard InChI is InChI=1S/C19H14N2O5S/c1-8-13(9(2)22)14(15(18(23)24)16(21-8)19(25)26)12-7-27-17-10(6-20)4-3-5-11(12)17/h3-5,7,14,21H,1-2H3,(H,23,24)(H,25,26). The van der Waals surface area contributed by atoms with Gasteiger partial charge in [-0.15, -0.1) is 11.3 Å².